The average molecular weight is 462 g/mol. The first-order chi connectivity index (χ1) is 14.9. The van der Waals surface area contributed by atoms with Gasteiger partial charge in [-0.15, -0.1) is 13.2 Å². The van der Waals surface area contributed by atoms with Crippen molar-refractivity contribution in [2.24, 2.45) is 0 Å². The molecule has 2 N–H and O–H groups in total. The molecule has 0 unspecified atom stereocenters. The second kappa shape index (κ2) is 8.95. The molecule has 0 bridgehead atoms. The van der Waals surface area contributed by atoms with Gasteiger partial charge in [-0.1, -0.05) is 23.7 Å². The number of anilines is 1. The summed E-state index contributed by atoms with van der Waals surface area (Å²) in [6.07, 6.45) is -3.08. The van der Waals surface area contributed by atoms with Crippen LogP contribution in [0.3, 0.4) is 0 Å². The summed E-state index contributed by atoms with van der Waals surface area (Å²) in [6.45, 7) is 0. The van der Waals surface area contributed by atoms with Crippen LogP contribution in [0.5, 0.6) is 5.75 Å². The van der Waals surface area contributed by atoms with Gasteiger partial charge in [0.1, 0.15) is 11.6 Å². The van der Waals surface area contributed by atoms with Crippen molar-refractivity contribution in [2.75, 3.05) is 4.72 Å². The Kier molecular flexibility index (Phi) is 6.11. The normalized spacial score (nSPS) is 11.4. The molecule has 4 rings (SSSR count). The molecule has 1 aromatic heterocycles. The molecule has 0 aliphatic heterocycles. The van der Waals surface area contributed by atoms with Crippen molar-refractivity contribution in [2.45, 2.75) is 11.3 Å². The standard InChI is InChI=1S/C22H15ClF3N3OS/c23-16-6-10-19(11-7-16)31-29-17-3-1-2-15(12-17)21-27-13-20(28-21)14-4-8-18(9-5-14)30-22(24,25)26/h1-13,29H,(H,27,28). The van der Waals surface area contributed by atoms with Crippen LogP contribution in [0.15, 0.2) is 83.9 Å². The highest BCUT2D eigenvalue weighted by Crippen LogP contribution is 2.29. The lowest BCUT2D eigenvalue weighted by atomic mass is 10.1. The highest BCUT2D eigenvalue weighted by molar-refractivity contribution is 8.00. The van der Waals surface area contributed by atoms with E-state index in [9.17, 15) is 13.2 Å². The fourth-order valence-electron chi connectivity index (χ4n) is 2.80. The zero-order chi connectivity index (χ0) is 21.8. The highest BCUT2D eigenvalue weighted by Gasteiger charge is 2.30. The summed E-state index contributed by atoms with van der Waals surface area (Å²) >= 11 is 7.37. The lowest BCUT2D eigenvalue weighted by molar-refractivity contribution is -0.274. The minimum atomic E-state index is -4.71. The van der Waals surface area contributed by atoms with Crippen LogP contribution in [0.2, 0.25) is 5.02 Å². The number of H-pyrrole nitrogens is 1. The number of halogens is 4. The molecular formula is C22H15ClF3N3OS. The van der Waals surface area contributed by atoms with Crippen molar-refractivity contribution < 1.29 is 17.9 Å². The predicted octanol–water partition coefficient (Wildman–Crippen LogP) is 7.41. The van der Waals surface area contributed by atoms with Gasteiger partial charge in [-0.05, 0) is 78.2 Å². The fourth-order valence-corrected chi connectivity index (χ4v) is 3.56. The van der Waals surface area contributed by atoms with Crippen LogP contribution in [0, 0.1) is 0 Å². The lowest BCUT2D eigenvalue weighted by Crippen LogP contribution is -2.16. The van der Waals surface area contributed by atoms with Crippen LogP contribution in [0.4, 0.5) is 18.9 Å². The smallest absolute Gasteiger partial charge is 0.406 e. The molecule has 0 saturated heterocycles. The van der Waals surface area contributed by atoms with E-state index in [1.54, 1.807) is 18.3 Å². The third-order valence-electron chi connectivity index (χ3n) is 4.21. The molecule has 0 radical (unpaired) electrons. The Hall–Kier alpha value is -3.10. The van der Waals surface area contributed by atoms with Crippen molar-refractivity contribution in [1.29, 1.82) is 0 Å². The number of hydrogen-bond acceptors (Lipinski definition) is 4. The number of aromatic nitrogens is 2. The van der Waals surface area contributed by atoms with Crippen LogP contribution >= 0.6 is 23.5 Å². The summed E-state index contributed by atoms with van der Waals surface area (Å²) in [6, 6.07) is 20.8. The van der Waals surface area contributed by atoms with Gasteiger partial charge < -0.3 is 14.4 Å². The van der Waals surface area contributed by atoms with Gasteiger partial charge in [-0.3, -0.25) is 0 Å². The quantitative estimate of drug-likeness (QED) is 0.293. The van der Waals surface area contributed by atoms with Crippen LogP contribution in [0.1, 0.15) is 0 Å². The molecule has 0 saturated carbocycles. The number of hydrogen-bond donors (Lipinski definition) is 2. The first kappa shape index (κ1) is 21.1. The van der Waals surface area contributed by atoms with E-state index in [2.05, 4.69) is 19.4 Å². The van der Waals surface area contributed by atoms with E-state index in [4.69, 9.17) is 11.6 Å². The first-order valence-electron chi connectivity index (χ1n) is 9.06. The number of aromatic amines is 1. The third-order valence-corrected chi connectivity index (χ3v) is 5.31. The molecule has 3 aromatic carbocycles. The Balaban J connectivity index is 1.46. The summed E-state index contributed by atoms with van der Waals surface area (Å²) in [5.74, 6) is 0.374. The molecule has 4 nitrogen and oxygen atoms in total. The van der Waals surface area contributed by atoms with Crippen molar-refractivity contribution in [3.05, 3.63) is 84.0 Å². The molecule has 0 spiro atoms. The van der Waals surface area contributed by atoms with Gasteiger partial charge in [-0.2, -0.15) is 0 Å². The van der Waals surface area contributed by atoms with E-state index in [-0.39, 0.29) is 5.75 Å². The van der Waals surface area contributed by atoms with Gasteiger partial charge in [0.05, 0.1) is 11.9 Å². The SMILES string of the molecule is FC(F)(F)Oc1ccc(-c2cnc(-c3cccc(NSc4ccc(Cl)cc4)c3)[nH]2)cc1. The molecule has 0 atom stereocenters. The summed E-state index contributed by atoms with van der Waals surface area (Å²) in [5, 5.41) is 0.683. The van der Waals surface area contributed by atoms with Gasteiger partial charge >= 0.3 is 6.36 Å². The summed E-state index contributed by atoms with van der Waals surface area (Å²) in [5.41, 5.74) is 3.14. The Morgan fingerprint density at radius 1 is 0.935 bits per heavy atom. The minimum Gasteiger partial charge on any atom is -0.406 e. The largest absolute Gasteiger partial charge is 0.573 e. The summed E-state index contributed by atoms with van der Waals surface area (Å²) in [4.78, 5) is 8.62. The minimum absolute atomic E-state index is 0.270. The summed E-state index contributed by atoms with van der Waals surface area (Å²) < 4.78 is 44.1. The molecule has 0 aliphatic carbocycles. The summed E-state index contributed by atoms with van der Waals surface area (Å²) in [7, 11) is 0. The van der Waals surface area contributed by atoms with Crippen molar-refractivity contribution >= 4 is 29.2 Å². The third kappa shape index (κ3) is 5.74. The topological polar surface area (TPSA) is 49.9 Å². The van der Waals surface area contributed by atoms with Crippen molar-refractivity contribution in [1.82, 2.24) is 9.97 Å². The number of alkyl halides is 3. The van der Waals surface area contributed by atoms with E-state index in [1.807, 2.05) is 48.5 Å². The van der Waals surface area contributed by atoms with Gasteiger partial charge in [0.15, 0.2) is 0 Å². The maximum absolute atomic E-state index is 12.3. The van der Waals surface area contributed by atoms with Gasteiger partial charge in [0.25, 0.3) is 0 Å². The maximum Gasteiger partial charge on any atom is 0.573 e. The molecular weight excluding hydrogens is 447 g/mol. The van der Waals surface area contributed by atoms with E-state index < -0.39 is 6.36 Å². The lowest BCUT2D eigenvalue weighted by Gasteiger charge is -2.08. The highest BCUT2D eigenvalue weighted by atomic mass is 35.5. The molecule has 0 amide bonds. The van der Waals surface area contributed by atoms with Crippen LogP contribution < -0.4 is 9.46 Å². The van der Waals surface area contributed by atoms with Gasteiger partial charge in [-0.25, -0.2) is 4.98 Å². The van der Waals surface area contributed by atoms with Crippen LogP contribution in [-0.2, 0) is 0 Å². The predicted molar refractivity (Wildman–Crippen MR) is 117 cm³/mol. The zero-order valence-corrected chi connectivity index (χ0v) is 17.4. The molecule has 0 fully saturated rings. The monoisotopic (exact) mass is 461 g/mol. The maximum atomic E-state index is 12.3. The molecule has 9 heteroatoms. The Labute approximate surface area is 185 Å². The Morgan fingerprint density at radius 3 is 2.39 bits per heavy atom. The fraction of sp³-hybridized carbons (Fsp3) is 0.0455. The van der Waals surface area contributed by atoms with Crippen molar-refractivity contribution in [3.8, 4) is 28.4 Å². The van der Waals surface area contributed by atoms with E-state index in [1.165, 1.54) is 24.1 Å². The molecule has 158 valence electrons. The molecule has 1 heterocycles. The second-order valence-corrected chi connectivity index (χ2v) is 7.77. The van der Waals surface area contributed by atoms with Gasteiger partial charge in [0, 0.05) is 21.2 Å². The van der Waals surface area contributed by atoms with Crippen molar-refractivity contribution in [3.63, 3.8) is 0 Å². The van der Waals surface area contributed by atoms with E-state index >= 15 is 0 Å². The molecule has 0 aliphatic rings. The Bertz CT molecular complexity index is 1160. The number of imidazole rings is 1. The number of benzene rings is 3. The van der Waals surface area contributed by atoms with Crippen LogP contribution in [0.25, 0.3) is 22.6 Å². The first-order valence-corrected chi connectivity index (χ1v) is 10.3. The number of ether oxygens (including phenoxy) is 1. The van der Waals surface area contributed by atoms with E-state index in [0.717, 1.165) is 16.1 Å². The molecule has 31 heavy (non-hydrogen) atoms. The number of nitrogens with one attached hydrogen (secondary N) is 2. The average Bonchev–Trinajstić information content (AvgIpc) is 3.23. The zero-order valence-electron chi connectivity index (χ0n) is 15.8. The van der Waals surface area contributed by atoms with Crippen LogP contribution in [-0.4, -0.2) is 16.3 Å². The van der Waals surface area contributed by atoms with Gasteiger partial charge in [0.2, 0.25) is 0 Å². The Morgan fingerprint density at radius 2 is 1.68 bits per heavy atom. The number of rotatable bonds is 6. The van der Waals surface area contributed by atoms with E-state index in [0.29, 0.717) is 22.1 Å². The molecule has 4 aromatic rings. The second-order valence-electron chi connectivity index (χ2n) is 6.46. The number of nitrogens with zero attached hydrogens (tertiary/aromatic N) is 1.